The van der Waals surface area contributed by atoms with Crippen molar-refractivity contribution in [2.45, 2.75) is 12.5 Å². The van der Waals surface area contributed by atoms with Crippen LogP contribution in [0.5, 0.6) is 0 Å². The van der Waals surface area contributed by atoms with Gasteiger partial charge in [-0.1, -0.05) is 29.3 Å². The van der Waals surface area contributed by atoms with Crippen LogP contribution >= 0.6 is 23.2 Å². The summed E-state index contributed by atoms with van der Waals surface area (Å²) in [5.41, 5.74) is 0.424. The molecule has 4 heteroatoms. The monoisotopic (exact) mass is 215 g/mol. The van der Waals surface area contributed by atoms with E-state index in [2.05, 4.69) is 0 Å². The molecule has 2 nitrogen and oxygen atoms in total. The van der Waals surface area contributed by atoms with Crippen molar-refractivity contribution < 1.29 is 5.11 Å². The number of nitrogens with zero attached hydrogens (tertiary/aromatic N) is 1. The summed E-state index contributed by atoms with van der Waals surface area (Å²) in [6, 6.07) is 6.80. The molecule has 0 fully saturated rings. The molecule has 1 aromatic carbocycles. The fourth-order valence-electron chi connectivity index (χ4n) is 1.02. The molecule has 1 atom stereocenters. The Bertz CT molecular complexity index is 326. The van der Waals surface area contributed by atoms with E-state index in [1.54, 1.807) is 18.2 Å². The number of hydrogen-bond acceptors (Lipinski definition) is 2. The number of aliphatic hydroxyl groups excluding tert-OH is 1. The van der Waals surface area contributed by atoms with Crippen LogP contribution in [0, 0.1) is 11.3 Å². The average molecular weight is 216 g/mol. The third-order valence-electron chi connectivity index (χ3n) is 1.62. The van der Waals surface area contributed by atoms with Crippen LogP contribution in [-0.4, -0.2) is 5.11 Å². The van der Waals surface area contributed by atoms with E-state index >= 15 is 0 Å². The molecule has 68 valence electrons. The zero-order valence-electron chi connectivity index (χ0n) is 6.67. The number of aliphatic hydroxyl groups is 1. The lowest BCUT2D eigenvalue weighted by molar-refractivity contribution is 0.183. The van der Waals surface area contributed by atoms with Gasteiger partial charge >= 0.3 is 0 Å². The summed E-state index contributed by atoms with van der Waals surface area (Å²) in [6.07, 6.45) is -0.921. The molecular formula is C9H7Cl2NO. The highest BCUT2D eigenvalue weighted by Gasteiger charge is 2.14. The zero-order valence-corrected chi connectivity index (χ0v) is 8.18. The maximum absolute atomic E-state index is 9.49. The molecule has 0 saturated heterocycles. The Hall–Kier alpha value is -0.750. The van der Waals surface area contributed by atoms with Crippen molar-refractivity contribution in [1.82, 2.24) is 0 Å². The van der Waals surface area contributed by atoms with Crippen LogP contribution in [0.25, 0.3) is 0 Å². The van der Waals surface area contributed by atoms with Gasteiger partial charge in [0.25, 0.3) is 0 Å². The number of halogens is 2. The first-order chi connectivity index (χ1) is 6.16. The van der Waals surface area contributed by atoms with Crippen molar-refractivity contribution in [2.24, 2.45) is 0 Å². The number of rotatable bonds is 2. The maximum atomic E-state index is 9.49. The van der Waals surface area contributed by atoms with Crippen LogP contribution in [0.1, 0.15) is 18.1 Å². The Labute approximate surface area is 86.3 Å². The highest BCUT2D eigenvalue weighted by molar-refractivity contribution is 6.36. The first-order valence-electron chi connectivity index (χ1n) is 3.65. The quantitative estimate of drug-likeness (QED) is 0.825. The van der Waals surface area contributed by atoms with E-state index < -0.39 is 6.10 Å². The number of hydrogen-bond donors (Lipinski definition) is 1. The largest absolute Gasteiger partial charge is 0.387 e. The summed E-state index contributed by atoms with van der Waals surface area (Å²) in [5.74, 6) is 0. The van der Waals surface area contributed by atoms with Gasteiger partial charge in [0.15, 0.2) is 0 Å². The predicted molar refractivity (Wildman–Crippen MR) is 51.7 cm³/mol. The van der Waals surface area contributed by atoms with Crippen LogP contribution in [0.3, 0.4) is 0 Å². The summed E-state index contributed by atoms with van der Waals surface area (Å²) in [7, 11) is 0. The first kappa shape index (κ1) is 10.3. The number of nitriles is 1. The van der Waals surface area contributed by atoms with Crippen molar-refractivity contribution in [3.63, 3.8) is 0 Å². The normalized spacial score (nSPS) is 12.2. The molecule has 1 rings (SSSR count). The van der Waals surface area contributed by atoms with Crippen LogP contribution in [0.2, 0.25) is 10.0 Å². The molecule has 0 saturated carbocycles. The topological polar surface area (TPSA) is 44.0 Å². The van der Waals surface area contributed by atoms with Gasteiger partial charge in [0.1, 0.15) is 0 Å². The molecule has 13 heavy (non-hydrogen) atoms. The van der Waals surface area contributed by atoms with Gasteiger partial charge in [0, 0.05) is 15.6 Å². The molecule has 0 aliphatic heterocycles. The fraction of sp³-hybridized carbons (Fsp3) is 0.222. The third kappa shape index (κ3) is 2.35. The van der Waals surface area contributed by atoms with Crippen LogP contribution in [0.4, 0.5) is 0 Å². The predicted octanol–water partition coefficient (Wildman–Crippen LogP) is 2.94. The molecule has 1 N–H and O–H groups in total. The van der Waals surface area contributed by atoms with Gasteiger partial charge < -0.3 is 5.11 Å². The summed E-state index contributed by atoms with van der Waals surface area (Å²) in [4.78, 5) is 0. The smallest absolute Gasteiger partial charge is 0.0948 e. The van der Waals surface area contributed by atoms with Crippen LogP contribution in [-0.2, 0) is 0 Å². The molecule has 0 radical (unpaired) electrons. The summed E-state index contributed by atoms with van der Waals surface area (Å²) in [5, 5.41) is 18.6. The van der Waals surface area contributed by atoms with Crippen molar-refractivity contribution in [3.05, 3.63) is 33.8 Å². The second-order valence-corrected chi connectivity index (χ2v) is 3.33. The van der Waals surface area contributed by atoms with Gasteiger partial charge in [-0.15, -0.1) is 0 Å². The van der Waals surface area contributed by atoms with Gasteiger partial charge in [-0.05, 0) is 12.1 Å². The Morgan fingerprint density at radius 1 is 1.38 bits per heavy atom. The summed E-state index contributed by atoms with van der Waals surface area (Å²) >= 11 is 11.6. The van der Waals surface area contributed by atoms with Crippen LogP contribution < -0.4 is 0 Å². The Kier molecular flexibility index (Phi) is 3.56. The maximum Gasteiger partial charge on any atom is 0.0948 e. The molecule has 0 spiro atoms. The van der Waals surface area contributed by atoms with E-state index in [4.69, 9.17) is 28.5 Å². The molecule has 0 amide bonds. The summed E-state index contributed by atoms with van der Waals surface area (Å²) in [6.45, 7) is 0. The van der Waals surface area contributed by atoms with E-state index in [0.717, 1.165) is 0 Å². The SMILES string of the molecule is N#CCC(O)c1c(Cl)cccc1Cl. The van der Waals surface area contributed by atoms with Crippen LogP contribution in [0.15, 0.2) is 18.2 Å². The van der Waals surface area contributed by atoms with Gasteiger partial charge in [0.2, 0.25) is 0 Å². The average Bonchev–Trinajstić information content (AvgIpc) is 2.04. The van der Waals surface area contributed by atoms with Gasteiger partial charge in [0.05, 0.1) is 18.6 Å². The van der Waals surface area contributed by atoms with E-state index in [9.17, 15) is 5.11 Å². The minimum absolute atomic E-state index is 0.0105. The lowest BCUT2D eigenvalue weighted by Gasteiger charge is -2.10. The Balaban J connectivity index is 3.06. The van der Waals surface area contributed by atoms with Gasteiger partial charge in [-0.25, -0.2) is 0 Å². The molecule has 0 aliphatic rings. The molecule has 1 unspecified atom stereocenters. The van der Waals surface area contributed by atoms with Gasteiger partial charge in [-0.2, -0.15) is 5.26 Å². The zero-order chi connectivity index (χ0) is 9.84. The lowest BCUT2D eigenvalue weighted by atomic mass is 10.1. The molecule has 0 bridgehead atoms. The highest BCUT2D eigenvalue weighted by atomic mass is 35.5. The Morgan fingerprint density at radius 3 is 2.38 bits per heavy atom. The van der Waals surface area contributed by atoms with Crippen molar-refractivity contribution >= 4 is 23.2 Å². The van der Waals surface area contributed by atoms with Crippen molar-refractivity contribution in [3.8, 4) is 6.07 Å². The second-order valence-electron chi connectivity index (χ2n) is 2.51. The first-order valence-corrected chi connectivity index (χ1v) is 4.41. The fourth-order valence-corrected chi connectivity index (χ4v) is 1.67. The second kappa shape index (κ2) is 4.48. The summed E-state index contributed by atoms with van der Waals surface area (Å²) < 4.78 is 0. The molecule has 0 heterocycles. The van der Waals surface area contributed by atoms with E-state index in [1.165, 1.54) is 0 Å². The van der Waals surface area contributed by atoms with Gasteiger partial charge in [-0.3, -0.25) is 0 Å². The lowest BCUT2D eigenvalue weighted by Crippen LogP contribution is -1.97. The van der Waals surface area contributed by atoms with E-state index in [-0.39, 0.29) is 6.42 Å². The van der Waals surface area contributed by atoms with E-state index in [0.29, 0.717) is 15.6 Å². The minimum atomic E-state index is -0.911. The number of benzene rings is 1. The molecule has 0 aromatic heterocycles. The third-order valence-corrected chi connectivity index (χ3v) is 2.28. The van der Waals surface area contributed by atoms with E-state index in [1.807, 2.05) is 6.07 Å². The molecule has 0 aliphatic carbocycles. The molecular weight excluding hydrogens is 209 g/mol. The highest BCUT2D eigenvalue weighted by Crippen LogP contribution is 2.31. The molecule has 1 aromatic rings. The van der Waals surface area contributed by atoms with Crippen molar-refractivity contribution in [2.75, 3.05) is 0 Å². The Morgan fingerprint density at radius 2 is 1.92 bits per heavy atom. The minimum Gasteiger partial charge on any atom is -0.387 e. The standard InChI is InChI=1S/C9H7Cl2NO/c10-6-2-1-3-7(11)9(6)8(13)4-5-12/h1-3,8,13H,4H2. The van der Waals surface area contributed by atoms with Crippen molar-refractivity contribution in [1.29, 1.82) is 5.26 Å².